The Hall–Kier alpha value is -2.25. The molecule has 8 heteroatoms. The molecule has 1 aliphatic rings. The van der Waals surface area contributed by atoms with Gasteiger partial charge in [-0.2, -0.15) is 0 Å². The van der Waals surface area contributed by atoms with Crippen molar-refractivity contribution in [1.29, 1.82) is 0 Å². The molecule has 0 aliphatic carbocycles. The Kier molecular flexibility index (Phi) is 4.53. The lowest BCUT2D eigenvalue weighted by molar-refractivity contribution is 0.0126. The first kappa shape index (κ1) is 17.1. The first-order valence-electron chi connectivity index (χ1n) is 7.08. The van der Waals surface area contributed by atoms with Gasteiger partial charge in [0.1, 0.15) is 5.82 Å². The maximum absolute atomic E-state index is 13.6. The summed E-state index contributed by atoms with van der Waals surface area (Å²) in [5.74, 6) is -4.50. The van der Waals surface area contributed by atoms with Crippen LogP contribution in [0.2, 0.25) is 0 Å². The van der Waals surface area contributed by atoms with E-state index in [4.69, 9.17) is 5.11 Å². The molecule has 1 unspecified atom stereocenters. The Morgan fingerprint density at radius 2 is 2.04 bits per heavy atom. The minimum Gasteiger partial charge on any atom is -0.465 e. The highest BCUT2D eigenvalue weighted by atomic mass is 19.3. The molecule has 2 amide bonds. The van der Waals surface area contributed by atoms with Crippen LogP contribution in [-0.4, -0.2) is 40.5 Å². The van der Waals surface area contributed by atoms with Crippen LogP contribution in [-0.2, 0) is 0 Å². The number of hydrogen-bond donors (Lipinski definition) is 2. The van der Waals surface area contributed by atoms with Crippen LogP contribution in [0, 0.1) is 5.82 Å². The summed E-state index contributed by atoms with van der Waals surface area (Å²) in [6, 6.07) is 1.68. The summed E-state index contributed by atoms with van der Waals surface area (Å²) in [6.07, 6.45) is -2.32. The lowest BCUT2D eigenvalue weighted by Crippen LogP contribution is -2.34. The fourth-order valence-corrected chi connectivity index (χ4v) is 2.65. The lowest BCUT2D eigenvalue weighted by Gasteiger charge is -2.23. The van der Waals surface area contributed by atoms with Crippen molar-refractivity contribution in [3.05, 3.63) is 35.1 Å². The maximum atomic E-state index is 13.6. The fourth-order valence-electron chi connectivity index (χ4n) is 2.65. The number of carboxylic acid groups (broad SMARTS) is 1. The van der Waals surface area contributed by atoms with Crippen LogP contribution in [0.15, 0.2) is 18.2 Å². The van der Waals surface area contributed by atoms with Crippen molar-refractivity contribution in [3.8, 4) is 0 Å². The number of carbonyl (C=O) groups excluding carboxylic acids is 1. The van der Waals surface area contributed by atoms with Gasteiger partial charge in [-0.3, -0.25) is 9.69 Å². The third kappa shape index (κ3) is 3.75. The van der Waals surface area contributed by atoms with Gasteiger partial charge in [-0.25, -0.2) is 18.0 Å². The average Bonchev–Trinajstić information content (AvgIpc) is 2.74. The van der Waals surface area contributed by atoms with Gasteiger partial charge in [0.2, 0.25) is 0 Å². The van der Waals surface area contributed by atoms with E-state index in [1.165, 1.54) is 6.07 Å². The predicted molar refractivity (Wildman–Crippen MR) is 76.0 cm³/mol. The maximum Gasteiger partial charge on any atom is 0.408 e. The van der Waals surface area contributed by atoms with Crippen molar-refractivity contribution in [2.45, 2.75) is 38.3 Å². The number of carbonyl (C=O) groups is 2. The van der Waals surface area contributed by atoms with E-state index in [0.717, 1.165) is 12.1 Å². The molecule has 0 radical (unpaired) electrons. The molecule has 1 heterocycles. The number of nitrogens with zero attached hydrogens (tertiary/aromatic N) is 1. The van der Waals surface area contributed by atoms with E-state index in [9.17, 15) is 22.8 Å². The van der Waals surface area contributed by atoms with Crippen LogP contribution in [0.25, 0.3) is 0 Å². The third-order valence-corrected chi connectivity index (χ3v) is 3.55. The summed E-state index contributed by atoms with van der Waals surface area (Å²) in [5.41, 5.74) is -0.0585. The van der Waals surface area contributed by atoms with Crippen molar-refractivity contribution >= 4 is 12.0 Å². The number of likely N-dealkylation sites (tertiary alicyclic amines) is 1. The number of halogens is 3. The lowest BCUT2D eigenvalue weighted by atomic mass is 9.97. The Morgan fingerprint density at radius 1 is 1.39 bits per heavy atom. The number of benzene rings is 1. The number of hydrogen-bond acceptors (Lipinski definition) is 2. The van der Waals surface area contributed by atoms with E-state index in [0.29, 0.717) is 4.90 Å². The molecule has 1 aromatic carbocycles. The van der Waals surface area contributed by atoms with Gasteiger partial charge in [0, 0.05) is 18.0 Å². The zero-order valence-corrected chi connectivity index (χ0v) is 12.6. The Balaban J connectivity index is 2.46. The smallest absolute Gasteiger partial charge is 0.408 e. The van der Waals surface area contributed by atoms with E-state index in [1.54, 1.807) is 13.8 Å². The van der Waals surface area contributed by atoms with Crippen LogP contribution in [0.3, 0.4) is 0 Å². The summed E-state index contributed by atoms with van der Waals surface area (Å²) < 4.78 is 40.8. The summed E-state index contributed by atoms with van der Waals surface area (Å²) in [7, 11) is 0. The zero-order valence-electron chi connectivity index (χ0n) is 12.6. The first-order valence-corrected chi connectivity index (χ1v) is 7.08. The van der Waals surface area contributed by atoms with E-state index in [1.807, 2.05) is 0 Å². The van der Waals surface area contributed by atoms with Gasteiger partial charge < -0.3 is 10.4 Å². The van der Waals surface area contributed by atoms with Crippen molar-refractivity contribution in [3.63, 3.8) is 0 Å². The Bertz CT molecular complexity index is 634. The molecule has 1 atom stereocenters. The van der Waals surface area contributed by atoms with Crippen molar-refractivity contribution in [1.82, 2.24) is 10.2 Å². The zero-order chi connectivity index (χ0) is 17.4. The highest BCUT2D eigenvalue weighted by Crippen LogP contribution is 2.42. The van der Waals surface area contributed by atoms with E-state index >= 15 is 0 Å². The monoisotopic (exact) mass is 330 g/mol. The molecule has 23 heavy (non-hydrogen) atoms. The number of nitrogens with one attached hydrogen (secondary N) is 1. The number of amides is 2. The van der Waals surface area contributed by atoms with Crippen LogP contribution in [0.4, 0.5) is 18.0 Å². The van der Waals surface area contributed by atoms with Gasteiger partial charge in [0.05, 0.1) is 12.6 Å². The van der Waals surface area contributed by atoms with Gasteiger partial charge in [0.25, 0.3) is 11.8 Å². The molecule has 0 bridgehead atoms. The van der Waals surface area contributed by atoms with E-state index < -0.39 is 42.7 Å². The summed E-state index contributed by atoms with van der Waals surface area (Å²) in [6.45, 7) is 2.46. The quantitative estimate of drug-likeness (QED) is 0.895. The second kappa shape index (κ2) is 6.10. The van der Waals surface area contributed by atoms with Crippen molar-refractivity contribution in [2.75, 3.05) is 6.54 Å². The summed E-state index contributed by atoms with van der Waals surface area (Å²) >= 11 is 0. The van der Waals surface area contributed by atoms with Crippen molar-refractivity contribution in [2.24, 2.45) is 0 Å². The number of rotatable bonds is 3. The predicted octanol–water partition coefficient (Wildman–Crippen LogP) is 3.02. The van der Waals surface area contributed by atoms with E-state index in [-0.39, 0.29) is 17.2 Å². The Morgan fingerprint density at radius 3 is 2.61 bits per heavy atom. The molecule has 2 N–H and O–H groups in total. The minimum atomic E-state index is -3.22. The molecule has 1 fully saturated rings. The molecule has 2 rings (SSSR count). The average molecular weight is 330 g/mol. The molecule has 5 nitrogen and oxygen atoms in total. The molecule has 0 aromatic heterocycles. The van der Waals surface area contributed by atoms with Crippen LogP contribution >= 0.6 is 0 Å². The molecular formula is C15H17F3N2O3. The molecule has 0 spiro atoms. The fraction of sp³-hybridized carbons (Fsp3) is 0.467. The third-order valence-electron chi connectivity index (χ3n) is 3.55. The van der Waals surface area contributed by atoms with Gasteiger partial charge in [-0.15, -0.1) is 0 Å². The standard InChI is InChI=1S/C15H17F3N2O3/c1-8(2)19-13(21)10-4-3-9(16)5-11(10)12-6-15(17,18)7-20(12)14(22)23/h3-5,8,12H,6-7H2,1-2H3,(H,19,21)(H,22,23). The second-order valence-corrected chi connectivity index (χ2v) is 5.85. The molecule has 126 valence electrons. The van der Waals surface area contributed by atoms with Gasteiger partial charge in [-0.1, -0.05) is 0 Å². The minimum absolute atomic E-state index is 0.00551. The van der Waals surface area contributed by atoms with Gasteiger partial charge in [-0.05, 0) is 37.6 Å². The molecule has 1 aromatic rings. The molecule has 1 aliphatic heterocycles. The normalized spacial score (nSPS) is 19.9. The molecule has 1 saturated heterocycles. The summed E-state index contributed by atoms with van der Waals surface area (Å²) in [4.78, 5) is 24.0. The molecular weight excluding hydrogens is 313 g/mol. The van der Waals surface area contributed by atoms with Crippen LogP contribution in [0.5, 0.6) is 0 Å². The highest BCUT2D eigenvalue weighted by molar-refractivity contribution is 5.96. The first-order chi connectivity index (χ1) is 10.6. The van der Waals surface area contributed by atoms with E-state index in [2.05, 4.69) is 5.32 Å². The second-order valence-electron chi connectivity index (χ2n) is 5.85. The molecule has 0 saturated carbocycles. The van der Waals surface area contributed by atoms with Gasteiger partial charge in [0.15, 0.2) is 0 Å². The van der Waals surface area contributed by atoms with Crippen LogP contribution < -0.4 is 5.32 Å². The number of alkyl halides is 2. The SMILES string of the molecule is CC(C)NC(=O)c1ccc(F)cc1C1CC(F)(F)CN1C(=O)O. The van der Waals surface area contributed by atoms with Gasteiger partial charge >= 0.3 is 6.09 Å². The topological polar surface area (TPSA) is 69.6 Å². The Labute approximate surface area is 131 Å². The largest absolute Gasteiger partial charge is 0.465 e. The highest BCUT2D eigenvalue weighted by Gasteiger charge is 2.48. The summed E-state index contributed by atoms with van der Waals surface area (Å²) in [5, 5.41) is 11.7. The van der Waals surface area contributed by atoms with Crippen LogP contribution in [0.1, 0.15) is 42.2 Å². The van der Waals surface area contributed by atoms with Crippen molar-refractivity contribution < 1.29 is 27.9 Å².